The summed E-state index contributed by atoms with van der Waals surface area (Å²) in [7, 11) is 0. The molecule has 0 radical (unpaired) electrons. The number of aliphatic hydroxyl groups excluding tert-OH is 1. The summed E-state index contributed by atoms with van der Waals surface area (Å²) in [4.78, 5) is 10.6. The Morgan fingerprint density at radius 1 is 1.23 bits per heavy atom. The van der Waals surface area contributed by atoms with Crippen LogP contribution < -0.4 is 5.32 Å². The Bertz CT molecular complexity index is 195. The number of nitrogens with one attached hydrogen (secondary N) is 1. The summed E-state index contributed by atoms with van der Waals surface area (Å²) < 4.78 is 0. The van der Waals surface area contributed by atoms with E-state index in [0.717, 1.165) is 32.0 Å². The molecule has 1 saturated carbocycles. The third-order valence-corrected chi connectivity index (χ3v) is 3.42. The summed E-state index contributed by atoms with van der Waals surface area (Å²) in [5, 5.41) is 13.0. The van der Waals surface area contributed by atoms with Crippen molar-refractivity contribution in [3.8, 4) is 0 Å². The standard InChI is InChI=1S/C10H17NO2/c12-6-8-5-4-7-2-1-3-9(13)10(7)11-8/h6-11,13H,1-5H2. The molecule has 2 aliphatic rings. The largest absolute Gasteiger partial charge is 0.391 e. The Morgan fingerprint density at radius 3 is 2.85 bits per heavy atom. The number of aliphatic hydroxyl groups is 1. The topological polar surface area (TPSA) is 49.3 Å². The van der Waals surface area contributed by atoms with Gasteiger partial charge < -0.3 is 15.2 Å². The lowest BCUT2D eigenvalue weighted by Crippen LogP contribution is -2.55. The summed E-state index contributed by atoms with van der Waals surface area (Å²) >= 11 is 0. The fourth-order valence-corrected chi connectivity index (χ4v) is 2.67. The van der Waals surface area contributed by atoms with Crippen LogP contribution in [0.5, 0.6) is 0 Å². The third kappa shape index (κ3) is 1.76. The Balaban J connectivity index is 2.01. The van der Waals surface area contributed by atoms with E-state index in [1.54, 1.807) is 0 Å². The summed E-state index contributed by atoms with van der Waals surface area (Å²) in [5.74, 6) is 0.597. The zero-order chi connectivity index (χ0) is 9.26. The predicted octanol–water partition coefficient (Wildman–Crippen LogP) is 0.467. The van der Waals surface area contributed by atoms with Crippen molar-refractivity contribution < 1.29 is 9.90 Å². The number of hydrogen-bond acceptors (Lipinski definition) is 3. The monoisotopic (exact) mass is 183 g/mol. The van der Waals surface area contributed by atoms with E-state index in [-0.39, 0.29) is 18.2 Å². The van der Waals surface area contributed by atoms with E-state index >= 15 is 0 Å². The van der Waals surface area contributed by atoms with Crippen LogP contribution in [0.1, 0.15) is 32.1 Å². The van der Waals surface area contributed by atoms with Crippen LogP contribution in [0.3, 0.4) is 0 Å². The zero-order valence-corrected chi connectivity index (χ0v) is 7.78. The van der Waals surface area contributed by atoms with Crippen LogP contribution in [0.25, 0.3) is 0 Å². The second-order valence-corrected chi connectivity index (χ2v) is 4.27. The van der Waals surface area contributed by atoms with Gasteiger partial charge in [-0.2, -0.15) is 0 Å². The molecule has 1 heterocycles. The number of carbonyl (C=O) groups is 1. The molecule has 0 aromatic carbocycles. The van der Waals surface area contributed by atoms with E-state index in [1.807, 2.05) is 0 Å². The highest BCUT2D eigenvalue weighted by Gasteiger charge is 2.36. The molecule has 4 atom stereocenters. The molecule has 2 fully saturated rings. The molecule has 13 heavy (non-hydrogen) atoms. The number of piperidine rings is 1. The van der Waals surface area contributed by atoms with Gasteiger partial charge in [0.25, 0.3) is 0 Å². The van der Waals surface area contributed by atoms with Crippen molar-refractivity contribution in [3.05, 3.63) is 0 Å². The molecule has 0 spiro atoms. The van der Waals surface area contributed by atoms with Gasteiger partial charge >= 0.3 is 0 Å². The van der Waals surface area contributed by atoms with Crippen molar-refractivity contribution in [1.29, 1.82) is 0 Å². The molecule has 1 aliphatic heterocycles. The first-order chi connectivity index (χ1) is 6.31. The highest BCUT2D eigenvalue weighted by atomic mass is 16.3. The lowest BCUT2D eigenvalue weighted by atomic mass is 9.76. The molecule has 0 bridgehead atoms. The van der Waals surface area contributed by atoms with E-state index in [1.165, 1.54) is 6.42 Å². The van der Waals surface area contributed by atoms with Gasteiger partial charge in [-0.3, -0.25) is 0 Å². The molecule has 0 aromatic rings. The molecule has 0 aromatic heterocycles. The summed E-state index contributed by atoms with van der Waals surface area (Å²) in [6, 6.07) is 0.159. The minimum absolute atomic E-state index is 0.0194. The van der Waals surface area contributed by atoms with E-state index in [4.69, 9.17) is 0 Å². The van der Waals surface area contributed by atoms with E-state index in [2.05, 4.69) is 5.32 Å². The fraction of sp³-hybridized carbons (Fsp3) is 0.900. The van der Waals surface area contributed by atoms with Crippen LogP contribution >= 0.6 is 0 Å². The zero-order valence-electron chi connectivity index (χ0n) is 7.78. The molecular weight excluding hydrogens is 166 g/mol. The van der Waals surface area contributed by atoms with Crippen molar-refractivity contribution >= 4 is 6.29 Å². The van der Waals surface area contributed by atoms with Gasteiger partial charge in [-0.15, -0.1) is 0 Å². The normalized spacial score (nSPS) is 45.3. The maximum absolute atomic E-state index is 10.6. The second-order valence-electron chi connectivity index (χ2n) is 4.27. The van der Waals surface area contributed by atoms with Crippen molar-refractivity contribution in [2.75, 3.05) is 0 Å². The van der Waals surface area contributed by atoms with E-state index in [9.17, 15) is 9.90 Å². The van der Waals surface area contributed by atoms with Gasteiger partial charge in [0.1, 0.15) is 6.29 Å². The van der Waals surface area contributed by atoms with Crippen LogP contribution in [-0.4, -0.2) is 29.6 Å². The molecule has 3 nitrogen and oxygen atoms in total. The van der Waals surface area contributed by atoms with E-state index in [0.29, 0.717) is 5.92 Å². The third-order valence-electron chi connectivity index (χ3n) is 3.42. The first-order valence-corrected chi connectivity index (χ1v) is 5.20. The summed E-state index contributed by atoms with van der Waals surface area (Å²) in [6.45, 7) is 0. The Morgan fingerprint density at radius 2 is 2.08 bits per heavy atom. The molecule has 0 amide bonds. The first-order valence-electron chi connectivity index (χ1n) is 5.20. The fourth-order valence-electron chi connectivity index (χ4n) is 2.67. The second kappa shape index (κ2) is 3.76. The lowest BCUT2D eigenvalue weighted by molar-refractivity contribution is -0.111. The highest BCUT2D eigenvalue weighted by molar-refractivity contribution is 5.57. The predicted molar refractivity (Wildman–Crippen MR) is 49.4 cm³/mol. The Kier molecular flexibility index (Phi) is 2.65. The molecule has 3 heteroatoms. The Hall–Kier alpha value is -0.410. The van der Waals surface area contributed by atoms with Gasteiger partial charge in [0.05, 0.1) is 12.1 Å². The number of aldehydes is 1. The van der Waals surface area contributed by atoms with Crippen molar-refractivity contribution in [3.63, 3.8) is 0 Å². The maximum Gasteiger partial charge on any atom is 0.136 e. The van der Waals surface area contributed by atoms with E-state index < -0.39 is 0 Å². The van der Waals surface area contributed by atoms with Gasteiger partial charge in [0.15, 0.2) is 0 Å². The lowest BCUT2D eigenvalue weighted by Gasteiger charge is -2.41. The van der Waals surface area contributed by atoms with Crippen LogP contribution in [0.4, 0.5) is 0 Å². The summed E-state index contributed by atoms with van der Waals surface area (Å²) in [5.41, 5.74) is 0. The van der Waals surface area contributed by atoms with Crippen LogP contribution in [0.2, 0.25) is 0 Å². The first kappa shape index (κ1) is 9.16. The van der Waals surface area contributed by atoms with Gasteiger partial charge in [0.2, 0.25) is 0 Å². The van der Waals surface area contributed by atoms with Crippen molar-refractivity contribution in [2.45, 2.75) is 50.3 Å². The number of carbonyl (C=O) groups excluding carboxylic acids is 1. The number of fused-ring (bicyclic) bond motifs is 1. The van der Waals surface area contributed by atoms with Crippen LogP contribution in [-0.2, 0) is 4.79 Å². The van der Waals surface area contributed by atoms with Gasteiger partial charge in [-0.1, -0.05) is 6.42 Å². The molecule has 74 valence electrons. The van der Waals surface area contributed by atoms with Gasteiger partial charge in [-0.05, 0) is 31.6 Å². The number of rotatable bonds is 1. The highest BCUT2D eigenvalue weighted by Crippen LogP contribution is 2.31. The molecule has 1 saturated heterocycles. The average Bonchev–Trinajstić information content (AvgIpc) is 2.18. The average molecular weight is 183 g/mol. The molecule has 4 unspecified atom stereocenters. The number of hydrogen-bond donors (Lipinski definition) is 2. The molecular formula is C10H17NO2. The smallest absolute Gasteiger partial charge is 0.136 e. The minimum atomic E-state index is -0.235. The Labute approximate surface area is 78.5 Å². The SMILES string of the molecule is O=CC1CCC2CCCC(O)C2N1. The molecule has 2 N–H and O–H groups in total. The van der Waals surface area contributed by atoms with Gasteiger partial charge in [0, 0.05) is 6.04 Å². The molecule has 1 aliphatic carbocycles. The minimum Gasteiger partial charge on any atom is -0.391 e. The van der Waals surface area contributed by atoms with Crippen molar-refractivity contribution in [1.82, 2.24) is 5.32 Å². The quantitative estimate of drug-likeness (QED) is 0.581. The summed E-state index contributed by atoms with van der Waals surface area (Å²) in [6.07, 6.45) is 6.00. The van der Waals surface area contributed by atoms with Crippen molar-refractivity contribution in [2.24, 2.45) is 5.92 Å². The molecule has 2 rings (SSSR count). The van der Waals surface area contributed by atoms with Gasteiger partial charge in [-0.25, -0.2) is 0 Å². The van der Waals surface area contributed by atoms with Crippen LogP contribution in [0, 0.1) is 5.92 Å². The maximum atomic E-state index is 10.6. The van der Waals surface area contributed by atoms with Crippen LogP contribution in [0.15, 0.2) is 0 Å².